The number of aryl methyl sites for hydroxylation is 1. The van der Waals surface area contributed by atoms with E-state index < -0.39 is 0 Å². The average molecular weight is 165 g/mol. The van der Waals surface area contributed by atoms with Crippen molar-refractivity contribution in [3.05, 3.63) is 29.6 Å². The lowest BCUT2D eigenvalue weighted by Crippen LogP contribution is -1.92. The van der Waals surface area contributed by atoms with Crippen molar-refractivity contribution in [2.45, 2.75) is 12.8 Å². The fraction of sp³-hybridized carbons (Fsp3) is 0.333. The molecule has 0 saturated carbocycles. The Hall–Kier alpha value is -1.22. The Balaban J connectivity index is 2.66. The minimum atomic E-state index is 0.179. The highest BCUT2D eigenvalue weighted by atomic mass is 16.2. The van der Waals surface area contributed by atoms with Crippen molar-refractivity contribution in [3.8, 4) is 0 Å². The Labute approximate surface area is 71.1 Å². The van der Waals surface area contributed by atoms with Crippen molar-refractivity contribution < 1.29 is 9.90 Å². The molecule has 1 aromatic heterocycles. The number of pyridine rings is 1. The molecule has 1 N–H and O–H groups in total. The number of aldehydes is 1. The van der Waals surface area contributed by atoms with Crippen molar-refractivity contribution in [2.24, 2.45) is 0 Å². The molecule has 1 heterocycles. The maximum Gasteiger partial charge on any atom is 0.168 e. The molecule has 3 heteroatoms. The summed E-state index contributed by atoms with van der Waals surface area (Å²) in [5.41, 5.74) is 1.49. The molecule has 3 nitrogen and oxygen atoms in total. The monoisotopic (exact) mass is 165 g/mol. The Morgan fingerprint density at radius 2 is 2.42 bits per heavy atom. The van der Waals surface area contributed by atoms with Crippen LogP contribution in [-0.2, 0) is 6.42 Å². The predicted octanol–water partition coefficient (Wildman–Crippen LogP) is 0.819. The van der Waals surface area contributed by atoms with Crippen molar-refractivity contribution in [3.63, 3.8) is 0 Å². The summed E-state index contributed by atoms with van der Waals surface area (Å²) >= 11 is 0. The highest BCUT2D eigenvalue weighted by Gasteiger charge is 1.95. The summed E-state index contributed by atoms with van der Waals surface area (Å²) in [6.07, 6.45) is 3.85. The minimum Gasteiger partial charge on any atom is -0.396 e. The molecule has 64 valence electrons. The Morgan fingerprint density at radius 3 is 3.08 bits per heavy atom. The largest absolute Gasteiger partial charge is 0.396 e. The molecule has 0 atom stereocenters. The summed E-state index contributed by atoms with van der Waals surface area (Å²) < 4.78 is 0. The first-order valence-electron chi connectivity index (χ1n) is 3.88. The van der Waals surface area contributed by atoms with Crippen molar-refractivity contribution in [1.82, 2.24) is 4.98 Å². The lowest BCUT2D eigenvalue weighted by atomic mass is 10.1. The van der Waals surface area contributed by atoms with E-state index in [-0.39, 0.29) is 6.61 Å². The van der Waals surface area contributed by atoms with Crippen LogP contribution in [0.1, 0.15) is 22.5 Å². The third-order valence-electron chi connectivity index (χ3n) is 1.59. The molecule has 0 radical (unpaired) electrons. The number of aliphatic hydroxyl groups excluding tert-OH is 1. The molecule has 12 heavy (non-hydrogen) atoms. The van der Waals surface area contributed by atoms with Crippen LogP contribution < -0.4 is 0 Å². The lowest BCUT2D eigenvalue weighted by Gasteiger charge is -1.98. The summed E-state index contributed by atoms with van der Waals surface area (Å²) in [5, 5.41) is 8.57. The van der Waals surface area contributed by atoms with Crippen LogP contribution in [0.4, 0.5) is 0 Å². The van der Waals surface area contributed by atoms with E-state index in [4.69, 9.17) is 5.11 Å². The van der Waals surface area contributed by atoms with E-state index in [0.717, 1.165) is 24.7 Å². The minimum absolute atomic E-state index is 0.179. The summed E-state index contributed by atoms with van der Waals surface area (Å²) in [5.74, 6) is 0. The van der Waals surface area contributed by atoms with Gasteiger partial charge in [0.2, 0.25) is 0 Å². The molecule has 0 aliphatic heterocycles. The number of aromatic nitrogens is 1. The fourth-order valence-corrected chi connectivity index (χ4v) is 0.998. The summed E-state index contributed by atoms with van der Waals surface area (Å²) in [6.45, 7) is 0.179. The second kappa shape index (κ2) is 4.62. The molecule has 0 unspecified atom stereocenters. The van der Waals surface area contributed by atoms with Crippen LogP contribution in [0.2, 0.25) is 0 Å². The zero-order valence-corrected chi connectivity index (χ0v) is 6.73. The van der Waals surface area contributed by atoms with Crippen LogP contribution >= 0.6 is 0 Å². The molecule has 0 saturated heterocycles. The van der Waals surface area contributed by atoms with Gasteiger partial charge >= 0.3 is 0 Å². The Kier molecular flexibility index (Phi) is 3.41. The van der Waals surface area contributed by atoms with Gasteiger partial charge in [-0.1, -0.05) is 0 Å². The molecule has 0 amide bonds. The van der Waals surface area contributed by atoms with E-state index in [1.165, 1.54) is 0 Å². The molecular formula is C9H11NO2. The van der Waals surface area contributed by atoms with E-state index in [2.05, 4.69) is 4.98 Å². The molecular weight excluding hydrogens is 154 g/mol. The fourth-order valence-electron chi connectivity index (χ4n) is 0.998. The van der Waals surface area contributed by atoms with Crippen molar-refractivity contribution >= 4 is 6.29 Å². The van der Waals surface area contributed by atoms with Gasteiger partial charge in [0.25, 0.3) is 0 Å². The van der Waals surface area contributed by atoms with Gasteiger partial charge in [0.15, 0.2) is 6.29 Å². The van der Waals surface area contributed by atoms with Crippen LogP contribution in [0.15, 0.2) is 18.3 Å². The topological polar surface area (TPSA) is 50.2 Å². The van der Waals surface area contributed by atoms with E-state index >= 15 is 0 Å². The molecule has 0 spiro atoms. The summed E-state index contributed by atoms with van der Waals surface area (Å²) in [4.78, 5) is 14.2. The van der Waals surface area contributed by atoms with E-state index in [0.29, 0.717) is 5.69 Å². The number of rotatable bonds is 4. The molecule has 1 rings (SSSR count). The van der Waals surface area contributed by atoms with Gasteiger partial charge < -0.3 is 5.11 Å². The molecule has 0 bridgehead atoms. The summed E-state index contributed by atoms with van der Waals surface area (Å²) in [7, 11) is 0. The predicted molar refractivity (Wildman–Crippen MR) is 45.0 cm³/mol. The van der Waals surface area contributed by atoms with Gasteiger partial charge in [-0.2, -0.15) is 0 Å². The smallest absolute Gasteiger partial charge is 0.168 e. The second-order valence-electron chi connectivity index (χ2n) is 2.53. The lowest BCUT2D eigenvalue weighted by molar-refractivity contribution is 0.111. The number of carbonyl (C=O) groups is 1. The highest BCUT2D eigenvalue weighted by molar-refractivity contribution is 5.71. The number of hydrogen-bond donors (Lipinski definition) is 1. The molecule has 0 aliphatic carbocycles. The normalized spacial score (nSPS) is 9.75. The van der Waals surface area contributed by atoms with Crippen LogP contribution in [0.5, 0.6) is 0 Å². The van der Waals surface area contributed by atoms with Crippen LogP contribution in [0, 0.1) is 0 Å². The number of aliphatic hydroxyl groups is 1. The van der Waals surface area contributed by atoms with Gasteiger partial charge in [0, 0.05) is 12.8 Å². The second-order valence-corrected chi connectivity index (χ2v) is 2.53. The van der Waals surface area contributed by atoms with Gasteiger partial charge in [0.1, 0.15) is 5.69 Å². The molecule has 0 aliphatic rings. The van der Waals surface area contributed by atoms with Gasteiger partial charge in [-0.05, 0) is 30.5 Å². The summed E-state index contributed by atoms with van der Waals surface area (Å²) in [6, 6.07) is 3.59. The maximum atomic E-state index is 10.3. The number of hydrogen-bond acceptors (Lipinski definition) is 3. The molecule has 0 aromatic carbocycles. The maximum absolute atomic E-state index is 10.3. The van der Waals surface area contributed by atoms with Crippen LogP contribution in [0.25, 0.3) is 0 Å². The highest BCUT2D eigenvalue weighted by Crippen LogP contribution is 2.02. The van der Waals surface area contributed by atoms with Crippen LogP contribution in [-0.4, -0.2) is 23.0 Å². The van der Waals surface area contributed by atoms with Gasteiger partial charge in [-0.3, -0.25) is 9.78 Å². The third kappa shape index (κ3) is 2.43. The first kappa shape index (κ1) is 8.87. The van der Waals surface area contributed by atoms with E-state index in [1.54, 1.807) is 12.3 Å². The Bertz CT molecular complexity index is 260. The van der Waals surface area contributed by atoms with Crippen molar-refractivity contribution in [1.29, 1.82) is 0 Å². The average Bonchev–Trinajstić information content (AvgIpc) is 2.15. The van der Waals surface area contributed by atoms with Crippen molar-refractivity contribution in [2.75, 3.05) is 6.61 Å². The number of carbonyl (C=O) groups excluding carboxylic acids is 1. The van der Waals surface area contributed by atoms with Gasteiger partial charge in [0.05, 0.1) is 0 Å². The SMILES string of the molecule is O=Cc1cc(CCCO)ccn1. The van der Waals surface area contributed by atoms with E-state index in [9.17, 15) is 4.79 Å². The van der Waals surface area contributed by atoms with E-state index in [1.807, 2.05) is 6.07 Å². The quantitative estimate of drug-likeness (QED) is 0.672. The van der Waals surface area contributed by atoms with Gasteiger partial charge in [-0.25, -0.2) is 0 Å². The molecule has 1 aromatic rings. The molecule has 0 fully saturated rings. The Morgan fingerprint density at radius 1 is 1.58 bits per heavy atom. The standard InChI is InChI=1S/C9H11NO2/c11-5-1-2-8-3-4-10-9(6-8)7-12/h3-4,6-7,11H,1-2,5H2. The zero-order valence-electron chi connectivity index (χ0n) is 6.73. The van der Waals surface area contributed by atoms with Gasteiger partial charge in [-0.15, -0.1) is 0 Å². The third-order valence-corrected chi connectivity index (χ3v) is 1.59. The zero-order chi connectivity index (χ0) is 8.81. The first-order chi connectivity index (χ1) is 5.86. The van der Waals surface area contributed by atoms with Crippen LogP contribution in [0.3, 0.4) is 0 Å². The number of nitrogens with zero attached hydrogens (tertiary/aromatic N) is 1. The first-order valence-corrected chi connectivity index (χ1v) is 3.88.